The lowest BCUT2D eigenvalue weighted by molar-refractivity contribution is 0.102. The Kier molecular flexibility index (Phi) is 2.54. The first-order valence-electron chi connectivity index (χ1n) is 6.76. The Morgan fingerprint density at radius 2 is 1.76 bits per heavy atom. The highest BCUT2D eigenvalue weighted by atomic mass is 16.1. The molecule has 4 rings (SSSR count). The molecule has 2 aromatic heterocycles. The minimum absolute atomic E-state index is 0.111. The third-order valence-electron chi connectivity index (χ3n) is 3.65. The number of hydrogen-bond donors (Lipinski definition) is 3. The molecule has 0 bridgehead atoms. The van der Waals surface area contributed by atoms with Gasteiger partial charge in [-0.15, -0.1) is 0 Å². The standard InChI is InChI=1S/C17H13N3O/c21-17(13-4-5-14-12(10-13)7-8-18-14)20-15-3-1-2-11-6-9-19-16(11)15/h1-10,18-19H,(H,20,21). The number of para-hydroxylation sites is 1. The second-order valence-electron chi connectivity index (χ2n) is 4.98. The number of amides is 1. The third kappa shape index (κ3) is 1.97. The van der Waals surface area contributed by atoms with Crippen LogP contribution in [0.2, 0.25) is 0 Å². The van der Waals surface area contributed by atoms with E-state index in [4.69, 9.17) is 0 Å². The summed E-state index contributed by atoms with van der Waals surface area (Å²) in [6.07, 6.45) is 3.73. The van der Waals surface area contributed by atoms with Crippen molar-refractivity contribution in [2.75, 3.05) is 5.32 Å². The molecule has 0 saturated heterocycles. The molecular formula is C17H13N3O. The van der Waals surface area contributed by atoms with Crippen molar-refractivity contribution in [3.63, 3.8) is 0 Å². The van der Waals surface area contributed by atoms with Gasteiger partial charge in [0.15, 0.2) is 0 Å². The van der Waals surface area contributed by atoms with E-state index >= 15 is 0 Å². The average Bonchev–Trinajstić information content (AvgIpc) is 3.15. The van der Waals surface area contributed by atoms with E-state index in [9.17, 15) is 4.79 Å². The van der Waals surface area contributed by atoms with Crippen LogP contribution in [-0.2, 0) is 0 Å². The van der Waals surface area contributed by atoms with Crippen molar-refractivity contribution in [2.24, 2.45) is 0 Å². The molecule has 4 nitrogen and oxygen atoms in total. The van der Waals surface area contributed by atoms with Crippen molar-refractivity contribution in [3.05, 3.63) is 66.5 Å². The van der Waals surface area contributed by atoms with Gasteiger partial charge in [0.05, 0.1) is 11.2 Å². The predicted octanol–water partition coefficient (Wildman–Crippen LogP) is 3.90. The molecule has 21 heavy (non-hydrogen) atoms. The Hall–Kier alpha value is -3.01. The Balaban J connectivity index is 1.70. The van der Waals surface area contributed by atoms with Crippen LogP contribution in [0.4, 0.5) is 5.69 Å². The maximum absolute atomic E-state index is 12.4. The number of hydrogen-bond acceptors (Lipinski definition) is 1. The number of benzene rings is 2. The lowest BCUT2D eigenvalue weighted by Crippen LogP contribution is -2.12. The zero-order valence-corrected chi connectivity index (χ0v) is 11.2. The van der Waals surface area contributed by atoms with Crippen molar-refractivity contribution < 1.29 is 4.79 Å². The molecule has 3 N–H and O–H groups in total. The van der Waals surface area contributed by atoms with Crippen LogP contribution < -0.4 is 5.32 Å². The fourth-order valence-electron chi connectivity index (χ4n) is 2.58. The van der Waals surface area contributed by atoms with E-state index in [0.29, 0.717) is 5.56 Å². The summed E-state index contributed by atoms with van der Waals surface area (Å²) in [5.74, 6) is -0.111. The second-order valence-corrected chi connectivity index (χ2v) is 4.98. The predicted molar refractivity (Wildman–Crippen MR) is 84.6 cm³/mol. The molecule has 0 aliphatic heterocycles. The number of aromatic nitrogens is 2. The Bertz CT molecular complexity index is 949. The Morgan fingerprint density at radius 1 is 0.905 bits per heavy atom. The lowest BCUT2D eigenvalue weighted by Gasteiger charge is -2.07. The largest absolute Gasteiger partial charge is 0.361 e. The molecule has 0 saturated carbocycles. The van der Waals surface area contributed by atoms with Gasteiger partial charge >= 0.3 is 0 Å². The molecule has 4 heteroatoms. The van der Waals surface area contributed by atoms with Crippen LogP contribution in [0.25, 0.3) is 21.8 Å². The van der Waals surface area contributed by atoms with Gasteiger partial charge in [-0.3, -0.25) is 4.79 Å². The Morgan fingerprint density at radius 3 is 2.71 bits per heavy atom. The van der Waals surface area contributed by atoms with Gasteiger partial charge in [-0.1, -0.05) is 12.1 Å². The highest BCUT2D eigenvalue weighted by Gasteiger charge is 2.09. The van der Waals surface area contributed by atoms with E-state index in [2.05, 4.69) is 15.3 Å². The van der Waals surface area contributed by atoms with Crippen molar-refractivity contribution >= 4 is 33.4 Å². The maximum Gasteiger partial charge on any atom is 0.255 e. The minimum Gasteiger partial charge on any atom is -0.361 e. The maximum atomic E-state index is 12.4. The highest BCUT2D eigenvalue weighted by Crippen LogP contribution is 2.22. The van der Waals surface area contributed by atoms with Gasteiger partial charge in [0, 0.05) is 34.2 Å². The summed E-state index contributed by atoms with van der Waals surface area (Å²) < 4.78 is 0. The zero-order chi connectivity index (χ0) is 14.2. The first kappa shape index (κ1) is 11.8. The molecule has 1 amide bonds. The number of nitrogens with one attached hydrogen (secondary N) is 3. The summed E-state index contributed by atoms with van der Waals surface area (Å²) in [6, 6.07) is 15.4. The summed E-state index contributed by atoms with van der Waals surface area (Å²) in [7, 11) is 0. The van der Waals surface area contributed by atoms with Crippen LogP contribution in [-0.4, -0.2) is 15.9 Å². The molecule has 4 aromatic rings. The summed E-state index contributed by atoms with van der Waals surface area (Å²) in [5.41, 5.74) is 3.40. The molecule has 102 valence electrons. The molecule has 2 aromatic carbocycles. The van der Waals surface area contributed by atoms with Gasteiger partial charge in [0.2, 0.25) is 0 Å². The van der Waals surface area contributed by atoms with E-state index in [1.54, 1.807) is 0 Å². The number of aromatic amines is 2. The fourth-order valence-corrected chi connectivity index (χ4v) is 2.58. The average molecular weight is 275 g/mol. The fraction of sp³-hybridized carbons (Fsp3) is 0. The van der Waals surface area contributed by atoms with Gasteiger partial charge in [-0.25, -0.2) is 0 Å². The molecule has 0 atom stereocenters. The number of carbonyl (C=O) groups excluding carboxylic acids is 1. The van der Waals surface area contributed by atoms with E-state index in [1.807, 2.05) is 60.9 Å². The highest BCUT2D eigenvalue weighted by molar-refractivity contribution is 6.09. The molecule has 0 aliphatic carbocycles. The number of rotatable bonds is 2. The number of H-pyrrole nitrogens is 2. The molecular weight excluding hydrogens is 262 g/mol. The van der Waals surface area contributed by atoms with Gasteiger partial charge in [-0.05, 0) is 36.4 Å². The van der Waals surface area contributed by atoms with Gasteiger partial charge in [0.25, 0.3) is 5.91 Å². The van der Waals surface area contributed by atoms with Crippen molar-refractivity contribution in [1.82, 2.24) is 9.97 Å². The zero-order valence-electron chi connectivity index (χ0n) is 11.2. The van der Waals surface area contributed by atoms with Crippen LogP contribution in [0.1, 0.15) is 10.4 Å². The van der Waals surface area contributed by atoms with Crippen LogP contribution in [0.15, 0.2) is 60.9 Å². The van der Waals surface area contributed by atoms with E-state index in [1.165, 1.54) is 0 Å². The van der Waals surface area contributed by atoms with Crippen LogP contribution in [0, 0.1) is 0 Å². The quantitative estimate of drug-likeness (QED) is 0.510. The summed E-state index contributed by atoms with van der Waals surface area (Å²) >= 11 is 0. The molecule has 0 aliphatic rings. The SMILES string of the molecule is O=C(Nc1cccc2cc[nH]c12)c1ccc2[nH]ccc2c1. The molecule has 0 unspecified atom stereocenters. The monoisotopic (exact) mass is 275 g/mol. The first-order valence-corrected chi connectivity index (χ1v) is 6.76. The molecule has 0 spiro atoms. The van der Waals surface area contributed by atoms with Crippen molar-refractivity contribution in [3.8, 4) is 0 Å². The van der Waals surface area contributed by atoms with Gasteiger partial charge in [0.1, 0.15) is 0 Å². The molecule has 2 heterocycles. The molecule has 0 radical (unpaired) electrons. The van der Waals surface area contributed by atoms with Crippen molar-refractivity contribution in [1.29, 1.82) is 0 Å². The van der Waals surface area contributed by atoms with Gasteiger partial charge < -0.3 is 15.3 Å². The normalized spacial score (nSPS) is 11.0. The third-order valence-corrected chi connectivity index (χ3v) is 3.65. The van der Waals surface area contributed by atoms with E-state index in [0.717, 1.165) is 27.5 Å². The smallest absolute Gasteiger partial charge is 0.255 e. The van der Waals surface area contributed by atoms with Gasteiger partial charge in [-0.2, -0.15) is 0 Å². The number of fused-ring (bicyclic) bond motifs is 2. The van der Waals surface area contributed by atoms with Crippen LogP contribution >= 0.6 is 0 Å². The topological polar surface area (TPSA) is 60.7 Å². The van der Waals surface area contributed by atoms with E-state index < -0.39 is 0 Å². The van der Waals surface area contributed by atoms with E-state index in [-0.39, 0.29) is 5.91 Å². The number of anilines is 1. The second kappa shape index (κ2) is 4.52. The summed E-state index contributed by atoms with van der Waals surface area (Å²) in [6.45, 7) is 0. The summed E-state index contributed by atoms with van der Waals surface area (Å²) in [5, 5.41) is 5.07. The first-order chi connectivity index (χ1) is 10.3. The Labute approximate surface area is 120 Å². The number of carbonyl (C=O) groups is 1. The lowest BCUT2D eigenvalue weighted by atomic mass is 10.1. The van der Waals surface area contributed by atoms with Crippen molar-refractivity contribution in [2.45, 2.75) is 0 Å². The molecule has 0 fully saturated rings. The summed E-state index contributed by atoms with van der Waals surface area (Å²) in [4.78, 5) is 18.7. The minimum atomic E-state index is -0.111. The van der Waals surface area contributed by atoms with Crippen LogP contribution in [0.3, 0.4) is 0 Å². The van der Waals surface area contributed by atoms with Crippen LogP contribution in [0.5, 0.6) is 0 Å².